The van der Waals surface area contributed by atoms with Gasteiger partial charge in [-0.3, -0.25) is 0 Å². The highest BCUT2D eigenvalue weighted by molar-refractivity contribution is 5.14. The third kappa shape index (κ3) is 3.19. The Morgan fingerprint density at radius 1 is 1.48 bits per heavy atom. The largest absolute Gasteiger partial charge is 0.393 e. The third-order valence-corrected chi connectivity index (χ3v) is 5.44. The zero-order chi connectivity index (χ0) is 15.8. The minimum absolute atomic E-state index is 0.304. The van der Waals surface area contributed by atoms with E-state index in [0.717, 1.165) is 12.8 Å². The molecule has 2 aliphatic rings. The van der Waals surface area contributed by atoms with Crippen LogP contribution in [0.1, 0.15) is 40.5 Å². The lowest BCUT2D eigenvalue weighted by atomic mass is 9.64. The first-order valence-electron chi connectivity index (χ1n) is 8.00. The fourth-order valence-corrected chi connectivity index (χ4v) is 3.94. The van der Waals surface area contributed by atoms with Crippen molar-refractivity contribution in [1.82, 2.24) is 0 Å². The van der Waals surface area contributed by atoms with Crippen molar-refractivity contribution in [2.75, 3.05) is 13.7 Å². The third-order valence-electron chi connectivity index (χ3n) is 5.44. The lowest BCUT2D eigenvalue weighted by Crippen LogP contribution is -2.55. The Hall–Kier alpha value is -0.420. The number of rotatable bonds is 4. The van der Waals surface area contributed by atoms with Gasteiger partial charge in [-0.15, -0.1) is 0 Å². The molecule has 0 aromatic carbocycles. The molecule has 0 spiro atoms. The maximum absolute atomic E-state index is 10.4. The molecule has 1 aliphatic carbocycles. The molecular weight excluding hydrogens is 268 g/mol. The monoisotopic (exact) mass is 298 g/mol. The van der Waals surface area contributed by atoms with Crippen LogP contribution in [0.15, 0.2) is 11.6 Å². The number of ether oxygens (including phenoxy) is 2. The van der Waals surface area contributed by atoms with E-state index in [1.807, 2.05) is 0 Å². The van der Waals surface area contributed by atoms with E-state index in [0.29, 0.717) is 23.7 Å². The van der Waals surface area contributed by atoms with Gasteiger partial charge in [0.2, 0.25) is 0 Å². The molecule has 4 nitrogen and oxygen atoms in total. The summed E-state index contributed by atoms with van der Waals surface area (Å²) in [5.74, 6) is 1.78. The molecule has 21 heavy (non-hydrogen) atoms. The SMILES string of the molecule is CO[C@H]1O[C@H]([C@@](C)(O)CO)C[C@H]2C(C)=CC[C@H](C(C)C)[C@@H]12. The maximum Gasteiger partial charge on any atom is 0.161 e. The number of aliphatic hydroxyl groups excluding tert-OH is 1. The molecule has 0 aromatic rings. The molecule has 0 radical (unpaired) electrons. The van der Waals surface area contributed by atoms with Crippen LogP contribution in [0.4, 0.5) is 0 Å². The summed E-state index contributed by atoms with van der Waals surface area (Å²) in [6, 6.07) is 0. The van der Waals surface area contributed by atoms with Gasteiger partial charge in [0.25, 0.3) is 0 Å². The van der Waals surface area contributed by atoms with Crippen LogP contribution in [0.2, 0.25) is 0 Å². The van der Waals surface area contributed by atoms with Crippen LogP contribution in [-0.2, 0) is 9.47 Å². The Kier molecular flexibility index (Phi) is 5.14. The molecule has 1 fully saturated rings. The highest BCUT2D eigenvalue weighted by Gasteiger charge is 2.49. The van der Waals surface area contributed by atoms with E-state index in [4.69, 9.17) is 9.47 Å². The molecule has 6 atom stereocenters. The zero-order valence-electron chi connectivity index (χ0n) is 13.9. The highest BCUT2D eigenvalue weighted by Crippen LogP contribution is 2.48. The second-order valence-electron chi connectivity index (χ2n) is 7.26. The van der Waals surface area contributed by atoms with Crippen LogP contribution in [0.25, 0.3) is 0 Å². The summed E-state index contributed by atoms with van der Waals surface area (Å²) in [6.45, 7) is 7.99. The lowest BCUT2D eigenvalue weighted by molar-refractivity contribution is -0.273. The second kappa shape index (κ2) is 6.37. The molecule has 1 aliphatic heterocycles. The van der Waals surface area contributed by atoms with Gasteiger partial charge in [0, 0.05) is 13.0 Å². The highest BCUT2D eigenvalue weighted by atomic mass is 16.7. The molecule has 0 amide bonds. The van der Waals surface area contributed by atoms with Crippen molar-refractivity contribution in [3.63, 3.8) is 0 Å². The fraction of sp³-hybridized carbons (Fsp3) is 0.882. The zero-order valence-corrected chi connectivity index (χ0v) is 13.9. The van der Waals surface area contributed by atoms with Crippen molar-refractivity contribution >= 4 is 0 Å². The first-order chi connectivity index (χ1) is 9.81. The summed E-state index contributed by atoms with van der Waals surface area (Å²) < 4.78 is 11.6. The first-order valence-corrected chi connectivity index (χ1v) is 8.00. The van der Waals surface area contributed by atoms with Crippen LogP contribution in [0.3, 0.4) is 0 Å². The van der Waals surface area contributed by atoms with Crippen LogP contribution >= 0.6 is 0 Å². The van der Waals surface area contributed by atoms with Crippen molar-refractivity contribution in [3.8, 4) is 0 Å². The van der Waals surface area contributed by atoms with Gasteiger partial charge >= 0.3 is 0 Å². The van der Waals surface area contributed by atoms with Crippen molar-refractivity contribution in [2.45, 2.75) is 58.5 Å². The standard InChI is InChI=1S/C17H30O4/c1-10(2)12-7-6-11(3)13-8-14(17(4,19)9-18)21-16(20-5)15(12)13/h6,10,12-16,18-19H,7-9H2,1-5H3/t12-,13+,14+,15-,16+,17+/m1/s1. The average Bonchev–Trinajstić information content (AvgIpc) is 2.46. The van der Waals surface area contributed by atoms with E-state index >= 15 is 0 Å². The van der Waals surface area contributed by atoms with Gasteiger partial charge in [-0.2, -0.15) is 0 Å². The summed E-state index contributed by atoms with van der Waals surface area (Å²) in [5, 5.41) is 19.8. The van der Waals surface area contributed by atoms with Crippen LogP contribution < -0.4 is 0 Å². The van der Waals surface area contributed by atoms with Crippen LogP contribution in [0, 0.1) is 23.7 Å². The Morgan fingerprint density at radius 3 is 2.67 bits per heavy atom. The van der Waals surface area contributed by atoms with E-state index in [9.17, 15) is 10.2 Å². The van der Waals surface area contributed by atoms with E-state index in [-0.39, 0.29) is 12.9 Å². The van der Waals surface area contributed by atoms with Crippen molar-refractivity contribution in [1.29, 1.82) is 0 Å². The molecule has 0 unspecified atom stereocenters. The quantitative estimate of drug-likeness (QED) is 0.782. The number of allylic oxidation sites excluding steroid dienone is 2. The van der Waals surface area contributed by atoms with Gasteiger partial charge in [0.15, 0.2) is 6.29 Å². The van der Waals surface area contributed by atoms with Gasteiger partial charge < -0.3 is 19.7 Å². The molecule has 122 valence electrons. The molecule has 1 saturated heterocycles. The molecule has 4 heteroatoms. The summed E-state index contributed by atoms with van der Waals surface area (Å²) in [5.41, 5.74) is 0.133. The Morgan fingerprint density at radius 2 is 2.14 bits per heavy atom. The molecule has 0 aromatic heterocycles. The predicted octanol–water partition coefficient (Wildman–Crippen LogP) is 2.35. The van der Waals surface area contributed by atoms with Crippen molar-refractivity contribution in [2.24, 2.45) is 23.7 Å². The number of hydrogen-bond acceptors (Lipinski definition) is 4. The van der Waals surface area contributed by atoms with E-state index < -0.39 is 11.7 Å². The molecule has 0 bridgehead atoms. The predicted molar refractivity (Wildman–Crippen MR) is 81.7 cm³/mol. The van der Waals surface area contributed by atoms with Gasteiger partial charge in [0.05, 0.1) is 12.7 Å². The summed E-state index contributed by atoms with van der Waals surface area (Å²) in [6.07, 6.45) is 3.42. The minimum atomic E-state index is -1.23. The minimum Gasteiger partial charge on any atom is -0.393 e. The van der Waals surface area contributed by atoms with Gasteiger partial charge in [0.1, 0.15) is 5.60 Å². The average molecular weight is 298 g/mol. The Labute approximate surface area is 128 Å². The summed E-state index contributed by atoms with van der Waals surface area (Å²) in [4.78, 5) is 0. The summed E-state index contributed by atoms with van der Waals surface area (Å²) in [7, 11) is 1.67. The normalized spacial score (nSPS) is 39.6. The maximum atomic E-state index is 10.4. The van der Waals surface area contributed by atoms with Gasteiger partial charge in [-0.05, 0) is 44.4 Å². The van der Waals surface area contributed by atoms with Crippen molar-refractivity contribution in [3.05, 3.63) is 11.6 Å². The van der Waals surface area contributed by atoms with E-state index in [1.165, 1.54) is 5.57 Å². The van der Waals surface area contributed by atoms with Crippen LogP contribution in [-0.4, -0.2) is 41.9 Å². The molecular formula is C17H30O4. The number of fused-ring (bicyclic) bond motifs is 1. The van der Waals surface area contributed by atoms with Gasteiger partial charge in [-0.1, -0.05) is 25.5 Å². The van der Waals surface area contributed by atoms with Gasteiger partial charge in [-0.25, -0.2) is 0 Å². The first kappa shape index (κ1) is 16.9. The van der Waals surface area contributed by atoms with E-state index in [2.05, 4.69) is 26.8 Å². The molecule has 2 N–H and O–H groups in total. The second-order valence-corrected chi connectivity index (χ2v) is 7.26. The number of aliphatic hydroxyl groups is 2. The number of hydrogen-bond donors (Lipinski definition) is 2. The topological polar surface area (TPSA) is 58.9 Å². The molecule has 0 saturated carbocycles. The fourth-order valence-electron chi connectivity index (χ4n) is 3.94. The lowest BCUT2D eigenvalue weighted by Gasteiger charge is -2.50. The summed E-state index contributed by atoms with van der Waals surface area (Å²) >= 11 is 0. The van der Waals surface area contributed by atoms with E-state index in [1.54, 1.807) is 14.0 Å². The Balaban J connectivity index is 2.30. The van der Waals surface area contributed by atoms with Crippen molar-refractivity contribution < 1.29 is 19.7 Å². The molecule has 1 heterocycles. The smallest absolute Gasteiger partial charge is 0.161 e. The van der Waals surface area contributed by atoms with Crippen LogP contribution in [0.5, 0.6) is 0 Å². The number of methoxy groups -OCH3 is 1. The Bertz CT molecular complexity index is 388. The molecule has 2 rings (SSSR count).